The van der Waals surface area contributed by atoms with Gasteiger partial charge in [0.1, 0.15) is 18.9 Å². The van der Waals surface area contributed by atoms with E-state index in [0.29, 0.717) is 23.8 Å². The van der Waals surface area contributed by atoms with Crippen molar-refractivity contribution in [2.75, 3.05) is 24.6 Å². The fraction of sp³-hybridized carbons (Fsp3) is 0.333. The van der Waals surface area contributed by atoms with E-state index in [0.717, 1.165) is 11.1 Å². The third-order valence-electron chi connectivity index (χ3n) is 4.74. The Morgan fingerprint density at radius 1 is 1.28 bits per heavy atom. The Labute approximate surface area is 169 Å². The van der Waals surface area contributed by atoms with E-state index in [1.807, 2.05) is 31.2 Å². The maximum absolute atomic E-state index is 12.9. The van der Waals surface area contributed by atoms with Crippen molar-refractivity contribution >= 4 is 17.8 Å². The van der Waals surface area contributed by atoms with Crippen LogP contribution in [0.3, 0.4) is 0 Å². The number of allylic oxidation sites excluding steroid dienone is 1. The van der Waals surface area contributed by atoms with Crippen LogP contribution in [-0.2, 0) is 14.3 Å². The first-order chi connectivity index (χ1) is 14.0. The maximum Gasteiger partial charge on any atom is 0.338 e. The molecule has 0 saturated carbocycles. The van der Waals surface area contributed by atoms with Crippen molar-refractivity contribution in [3.8, 4) is 0 Å². The van der Waals surface area contributed by atoms with Gasteiger partial charge in [0.15, 0.2) is 0 Å². The van der Waals surface area contributed by atoms with Crippen LogP contribution in [0.5, 0.6) is 0 Å². The Bertz CT molecular complexity index is 945. The average molecular weight is 395 g/mol. The number of benzene rings is 1. The number of carbonyl (C=O) groups excluding carboxylic acids is 2. The molecule has 0 spiro atoms. The van der Waals surface area contributed by atoms with E-state index in [4.69, 9.17) is 4.74 Å². The van der Waals surface area contributed by atoms with E-state index in [1.54, 1.807) is 29.5 Å². The number of anilines is 1. The van der Waals surface area contributed by atoms with Crippen LogP contribution in [-0.4, -0.2) is 46.3 Å². The molecule has 1 N–H and O–H groups in total. The summed E-state index contributed by atoms with van der Waals surface area (Å²) in [4.78, 5) is 31.3. The smallest absolute Gasteiger partial charge is 0.338 e. The van der Waals surface area contributed by atoms with E-state index in [-0.39, 0.29) is 19.1 Å². The second kappa shape index (κ2) is 8.72. The molecule has 2 heterocycles. The zero-order valence-corrected chi connectivity index (χ0v) is 16.9. The first kappa shape index (κ1) is 20.3. The predicted molar refractivity (Wildman–Crippen MR) is 109 cm³/mol. The first-order valence-electron chi connectivity index (χ1n) is 9.47. The number of esters is 1. The fourth-order valence-corrected chi connectivity index (χ4v) is 3.33. The second-order valence-corrected chi connectivity index (χ2v) is 6.72. The molecule has 1 aromatic carbocycles. The summed E-state index contributed by atoms with van der Waals surface area (Å²) < 4.78 is 7.00. The quantitative estimate of drug-likeness (QED) is 0.571. The number of hydrogen-bond donors (Lipinski definition) is 1. The van der Waals surface area contributed by atoms with Gasteiger partial charge in [-0.25, -0.2) is 9.48 Å². The van der Waals surface area contributed by atoms with E-state index >= 15 is 0 Å². The Kier molecular flexibility index (Phi) is 6.11. The molecule has 2 aromatic rings. The summed E-state index contributed by atoms with van der Waals surface area (Å²) in [7, 11) is 0. The van der Waals surface area contributed by atoms with E-state index in [1.165, 1.54) is 6.33 Å². The number of fused-ring (bicyclic) bond motifs is 1. The minimum atomic E-state index is -0.486. The molecule has 0 saturated heterocycles. The molecule has 1 amide bonds. The van der Waals surface area contributed by atoms with Gasteiger partial charge >= 0.3 is 5.97 Å². The highest BCUT2D eigenvalue weighted by atomic mass is 16.5. The summed E-state index contributed by atoms with van der Waals surface area (Å²) >= 11 is 0. The van der Waals surface area contributed by atoms with Crippen LogP contribution in [0.1, 0.15) is 31.0 Å². The zero-order chi connectivity index (χ0) is 21.0. The second-order valence-electron chi connectivity index (χ2n) is 6.72. The Morgan fingerprint density at radius 2 is 2.00 bits per heavy atom. The highest BCUT2D eigenvalue weighted by Gasteiger charge is 2.38. The Morgan fingerprint density at radius 3 is 2.66 bits per heavy atom. The molecule has 0 unspecified atom stereocenters. The van der Waals surface area contributed by atoms with Gasteiger partial charge in [-0.1, -0.05) is 35.9 Å². The molecule has 29 heavy (non-hydrogen) atoms. The van der Waals surface area contributed by atoms with Crippen molar-refractivity contribution in [3.05, 3.63) is 65.6 Å². The van der Waals surface area contributed by atoms with Gasteiger partial charge in [-0.15, -0.1) is 6.58 Å². The zero-order valence-electron chi connectivity index (χ0n) is 16.9. The molecular weight excluding hydrogens is 370 g/mol. The standard InChI is InChI=1S/C21H25N5O3/c1-5-11-22-17(27)12-25-15(4)18(20(28)29-6-2)19(26-21(25)23-13-24-26)16-9-7-14(3)8-10-16/h5,7-10,13,19H,1,6,11-12H2,2-4H3,(H,22,27)/t19-/m1/s1. The van der Waals surface area contributed by atoms with Gasteiger partial charge in [0.2, 0.25) is 11.9 Å². The van der Waals surface area contributed by atoms with Crippen LogP contribution in [0.2, 0.25) is 0 Å². The highest BCUT2D eigenvalue weighted by molar-refractivity contribution is 5.93. The van der Waals surface area contributed by atoms with Gasteiger partial charge in [0.25, 0.3) is 0 Å². The topological polar surface area (TPSA) is 89.4 Å². The number of hydrogen-bond acceptors (Lipinski definition) is 6. The molecule has 3 rings (SSSR count). The van der Waals surface area contributed by atoms with Crippen molar-refractivity contribution in [2.24, 2.45) is 0 Å². The molecule has 8 nitrogen and oxygen atoms in total. The molecule has 1 aliphatic rings. The molecule has 1 atom stereocenters. The Hall–Kier alpha value is -3.42. The van der Waals surface area contributed by atoms with E-state index in [2.05, 4.69) is 22.0 Å². The number of aryl methyl sites for hydroxylation is 1. The SMILES string of the molecule is C=CCNC(=O)CN1C(C)=C(C(=O)OCC)[C@@H](c2ccc(C)cc2)n2ncnc21. The van der Waals surface area contributed by atoms with Gasteiger partial charge in [-0.2, -0.15) is 10.1 Å². The molecule has 0 bridgehead atoms. The lowest BCUT2D eigenvalue weighted by atomic mass is 9.94. The summed E-state index contributed by atoms with van der Waals surface area (Å²) in [6.45, 7) is 9.78. The van der Waals surface area contributed by atoms with E-state index in [9.17, 15) is 9.59 Å². The normalized spacial score (nSPS) is 15.7. The lowest BCUT2D eigenvalue weighted by Gasteiger charge is -2.35. The summed E-state index contributed by atoms with van der Waals surface area (Å²) in [6.07, 6.45) is 3.03. The molecular formula is C21H25N5O3. The summed E-state index contributed by atoms with van der Waals surface area (Å²) in [6, 6.07) is 7.41. The largest absolute Gasteiger partial charge is 0.463 e. The molecule has 152 valence electrons. The van der Waals surface area contributed by atoms with Gasteiger partial charge in [0.05, 0.1) is 12.2 Å². The highest BCUT2D eigenvalue weighted by Crippen LogP contribution is 2.38. The number of amides is 1. The number of aromatic nitrogens is 3. The predicted octanol–water partition coefficient (Wildman–Crippen LogP) is 2.14. The van der Waals surface area contributed by atoms with Gasteiger partial charge in [0, 0.05) is 12.2 Å². The molecule has 0 aliphatic carbocycles. The van der Waals surface area contributed by atoms with Gasteiger partial charge < -0.3 is 15.0 Å². The molecule has 1 aromatic heterocycles. The van der Waals surface area contributed by atoms with E-state index < -0.39 is 12.0 Å². The van der Waals surface area contributed by atoms with Gasteiger partial charge in [-0.05, 0) is 26.3 Å². The Balaban J connectivity index is 2.09. The number of nitrogens with zero attached hydrogens (tertiary/aromatic N) is 4. The average Bonchev–Trinajstić information content (AvgIpc) is 3.18. The first-order valence-corrected chi connectivity index (χ1v) is 9.47. The van der Waals surface area contributed by atoms with Crippen molar-refractivity contribution in [2.45, 2.75) is 26.8 Å². The summed E-state index contributed by atoms with van der Waals surface area (Å²) in [5.41, 5.74) is 3.05. The number of ether oxygens (including phenoxy) is 1. The third-order valence-corrected chi connectivity index (χ3v) is 4.74. The minimum absolute atomic E-state index is 0.00187. The number of carbonyl (C=O) groups is 2. The van der Waals surface area contributed by atoms with Crippen LogP contribution in [0.15, 0.2) is 54.5 Å². The van der Waals surface area contributed by atoms with Crippen molar-refractivity contribution in [1.82, 2.24) is 20.1 Å². The number of rotatable bonds is 7. The van der Waals surface area contributed by atoms with Gasteiger partial charge in [-0.3, -0.25) is 4.79 Å². The lowest BCUT2D eigenvalue weighted by Crippen LogP contribution is -2.42. The van der Waals surface area contributed by atoms with Crippen LogP contribution < -0.4 is 10.2 Å². The maximum atomic E-state index is 12.9. The monoisotopic (exact) mass is 395 g/mol. The van der Waals surface area contributed by atoms with Crippen molar-refractivity contribution in [3.63, 3.8) is 0 Å². The van der Waals surface area contributed by atoms with Crippen molar-refractivity contribution in [1.29, 1.82) is 0 Å². The number of nitrogens with one attached hydrogen (secondary N) is 1. The van der Waals surface area contributed by atoms with Crippen LogP contribution in [0.25, 0.3) is 0 Å². The minimum Gasteiger partial charge on any atom is -0.463 e. The fourth-order valence-electron chi connectivity index (χ4n) is 3.33. The van der Waals surface area contributed by atoms with Crippen LogP contribution in [0, 0.1) is 6.92 Å². The molecule has 8 heteroatoms. The molecule has 1 aliphatic heterocycles. The molecule has 0 radical (unpaired) electrons. The third kappa shape index (κ3) is 4.06. The summed E-state index contributed by atoms with van der Waals surface area (Å²) in [5.74, 6) is -0.154. The molecule has 0 fully saturated rings. The van der Waals surface area contributed by atoms with Crippen LogP contribution >= 0.6 is 0 Å². The summed E-state index contributed by atoms with van der Waals surface area (Å²) in [5, 5.41) is 7.10. The van der Waals surface area contributed by atoms with Crippen LogP contribution in [0.4, 0.5) is 5.95 Å². The lowest BCUT2D eigenvalue weighted by molar-refractivity contribution is -0.139. The van der Waals surface area contributed by atoms with Crippen molar-refractivity contribution < 1.29 is 14.3 Å².